The Hall–Kier alpha value is -1.88. The predicted molar refractivity (Wildman–Crippen MR) is 81.5 cm³/mol. The topological polar surface area (TPSA) is 92.4 Å². The number of aliphatic hydroxyl groups excluding tert-OH is 1. The van der Waals surface area contributed by atoms with Gasteiger partial charge in [0, 0.05) is 6.42 Å². The van der Waals surface area contributed by atoms with Crippen molar-refractivity contribution in [2.24, 2.45) is 11.7 Å². The van der Waals surface area contributed by atoms with Gasteiger partial charge in [0.1, 0.15) is 12.1 Å². The van der Waals surface area contributed by atoms with Gasteiger partial charge >= 0.3 is 0 Å². The van der Waals surface area contributed by atoms with E-state index >= 15 is 0 Å². The Bertz CT molecular complexity index is 500. The number of amides is 2. The Balaban J connectivity index is 2.70. The van der Waals surface area contributed by atoms with Gasteiger partial charge in [-0.15, -0.1) is 0 Å². The molecule has 0 radical (unpaired) electrons. The quantitative estimate of drug-likeness (QED) is 0.697. The van der Waals surface area contributed by atoms with E-state index in [4.69, 9.17) is 5.73 Å². The number of hydrogen-bond acceptors (Lipinski definition) is 3. The molecule has 4 N–H and O–H groups in total. The third kappa shape index (κ3) is 5.95. The summed E-state index contributed by atoms with van der Waals surface area (Å²) in [4.78, 5) is 23.4. The summed E-state index contributed by atoms with van der Waals surface area (Å²) in [7, 11) is 0. The molecule has 5 heteroatoms. The van der Waals surface area contributed by atoms with E-state index < -0.39 is 24.0 Å². The van der Waals surface area contributed by atoms with Crippen LogP contribution in [0.2, 0.25) is 0 Å². The summed E-state index contributed by atoms with van der Waals surface area (Å²) in [6, 6.07) is 6.83. The third-order valence-corrected chi connectivity index (χ3v) is 3.18. The first-order valence-corrected chi connectivity index (χ1v) is 7.13. The molecule has 0 bridgehead atoms. The molecule has 1 rings (SSSR count). The van der Waals surface area contributed by atoms with Crippen molar-refractivity contribution in [3.05, 3.63) is 35.4 Å². The number of rotatable bonds is 7. The number of nitrogens with one attached hydrogen (secondary N) is 1. The zero-order valence-electron chi connectivity index (χ0n) is 12.8. The van der Waals surface area contributed by atoms with Crippen LogP contribution in [-0.2, 0) is 16.0 Å². The minimum absolute atomic E-state index is 0.189. The van der Waals surface area contributed by atoms with Crippen molar-refractivity contribution in [2.45, 2.75) is 45.8 Å². The van der Waals surface area contributed by atoms with Gasteiger partial charge in [0.2, 0.25) is 11.8 Å². The highest BCUT2D eigenvalue weighted by Crippen LogP contribution is 2.08. The van der Waals surface area contributed by atoms with Crippen LogP contribution < -0.4 is 11.1 Å². The fourth-order valence-corrected chi connectivity index (χ4v) is 2.12. The molecule has 0 aromatic heterocycles. The summed E-state index contributed by atoms with van der Waals surface area (Å²) in [6.07, 6.45) is -0.455. The fourth-order valence-electron chi connectivity index (χ4n) is 2.12. The first kappa shape index (κ1) is 17.2. The average molecular weight is 292 g/mol. The number of aryl methyl sites for hydroxylation is 1. The van der Waals surface area contributed by atoms with Crippen molar-refractivity contribution in [3.63, 3.8) is 0 Å². The summed E-state index contributed by atoms with van der Waals surface area (Å²) in [6.45, 7) is 5.78. The minimum atomic E-state index is -1.12. The highest BCUT2D eigenvalue weighted by atomic mass is 16.3. The molecule has 0 heterocycles. The van der Waals surface area contributed by atoms with Gasteiger partial charge in [-0.3, -0.25) is 9.59 Å². The van der Waals surface area contributed by atoms with Crippen LogP contribution in [0.1, 0.15) is 31.4 Å². The van der Waals surface area contributed by atoms with E-state index in [9.17, 15) is 14.7 Å². The van der Waals surface area contributed by atoms with E-state index in [0.717, 1.165) is 11.1 Å². The van der Waals surface area contributed by atoms with Crippen LogP contribution in [0.3, 0.4) is 0 Å². The smallest absolute Gasteiger partial charge is 0.249 e. The molecule has 0 aliphatic heterocycles. The molecule has 0 fully saturated rings. The zero-order valence-corrected chi connectivity index (χ0v) is 12.8. The van der Waals surface area contributed by atoms with Crippen LogP contribution in [0.15, 0.2) is 24.3 Å². The Kier molecular flexibility index (Phi) is 6.37. The molecular weight excluding hydrogens is 268 g/mol. The molecule has 116 valence electrons. The van der Waals surface area contributed by atoms with E-state index in [1.54, 1.807) is 0 Å². The maximum absolute atomic E-state index is 11.9. The Labute approximate surface area is 125 Å². The largest absolute Gasteiger partial charge is 0.383 e. The van der Waals surface area contributed by atoms with Crippen molar-refractivity contribution >= 4 is 11.8 Å². The van der Waals surface area contributed by atoms with Crippen molar-refractivity contribution in [2.75, 3.05) is 0 Å². The molecule has 2 amide bonds. The lowest BCUT2D eigenvalue weighted by Gasteiger charge is -2.19. The molecule has 5 nitrogen and oxygen atoms in total. The maximum atomic E-state index is 11.9. The molecule has 2 atom stereocenters. The highest BCUT2D eigenvalue weighted by molar-refractivity contribution is 5.88. The van der Waals surface area contributed by atoms with Crippen LogP contribution in [0.25, 0.3) is 0 Å². The first-order chi connectivity index (χ1) is 9.79. The molecule has 1 aromatic rings. The number of aliphatic hydroxyl groups is 1. The van der Waals surface area contributed by atoms with E-state index in [1.807, 2.05) is 45.0 Å². The number of primary amides is 1. The van der Waals surface area contributed by atoms with Gasteiger partial charge in [-0.25, -0.2) is 0 Å². The second-order valence-corrected chi connectivity index (χ2v) is 5.80. The van der Waals surface area contributed by atoms with Crippen molar-refractivity contribution < 1.29 is 14.7 Å². The monoisotopic (exact) mass is 292 g/mol. The minimum Gasteiger partial charge on any atom is -0.383 e. The third-order valence-electron chi connectivity index (χ3n) is 3.18. The van der Waals surface area contributed by atoms with E-state index in [2.05, 4.69) is 5.32 Å². The second kappa shape index (κ2) is 7.78. The molecule has 21 heavy (non-hydrogen) atoms. The van der Waals surface area contributed by atoms with Crippen molar-refractivity contribution in [3.8, 4) is 0 Å². The van der Waals surface area contributed by atoms with Crippen LogP contribution in [-0.4, -0.2) is 29.1 Å². The van der Waals surface area contributed by atoms with Gasteiger partial charge in [0.05, 0.1) is 0 Å². The molecule has 0 spiro atoms. The van der Waals surface area contributed by atoms with E-state index in [-0.39, 0.29) is 5.92 Å². The second-order valence-electron chi connectivity index (χ2n) is 5.80. The van der Waals surface area contributed by atoms with Crippen LogP contribution in [0, 0.1) is 12.8 Å². The lowest BCUT2D eigenvalue weighted by molar-refractivity contribution is -0.133. The number of hydrogen-bond donors (Lipinski definition) is 3. The standard InChI is InChI=1S/C16H24N2O3/c1-10(2)7-14(19)16(21)18-13(15(17)20)9-12-6-4-5-11(3)8-12/h4-6,8,10,13-14,19H,7,9H2,1-3H3,(H2,17,20)(H,18,21)/t13-,14+/m0/s1. The van der Waals surface area contributed by atoms with E-state index in [0.29, 0.717) is 12.8 Å². The number of carbonyl (C=O) groups is 2. The molecule has 0 saturated heterocycles. The normalized spacial score (nSPS) is 13.8. The maximum Gasteiger partial charge on any atom is 0.249 e. The number of carbonyl (C=O) groups excluding carboxylic acids is 2. The van der Waals surface area contributed by atoms with Crippen LogP contribution in [0.5, 0.6) is 0 Å². The molecular formula is C16H24N2O3. The number of benzene rings is 1. The van der Waals surface area contributed by atoms with Gasteiger partial charge in [0.25, 0.3) is 0 Å². The lowest BCUT2D eigenvalue weighted by atomic mass is 10.0. The molecule has 0 unspecified atom stereocenters. The van der Waals surface area contributed by atoms with Crippen LogP contribution >= 0.6 is 0 Å². The van der Waals surface area contributed by atoms with Crippen LogP contribution in [0.4, 0.5) is 0 Å². The van der Waals surface area contributed by atoms with E-state index in [1.165, 1.54) is 0 Å². The van der Waals surface area contributed by atoms with Crippen molar-refractivity contribution in [1.29, 1.82) is 0 Å². The summed E-state index contributed by atoms with van der Waals surface area (Å²) in [5, 5.41) is 12.3. The summed E-state index contributed by atoms with van der Waals surface area (Å²) in [5.41, 5.74) is 7.32. The van der Waals surface area contributed by atoms with Gasteiger partial charge in [0.15, 0.2) is 0 Å². The van der Waals surface area contributed by atoms with Gasteiger partial charge in [-0.05, 0) is 24.8 Å². The predicted octanol–water partition coefficient (Wildman–Crippen LogP) is 0.915. The molecule has 0 aliphatic carbocycles. The number of nitrogens with two attached hydrogens (primary N) is 1. The van der Waals surface area contributed by atoms with Gasteiger partial charge in [-0.2, -0.15) is 0 Å². The summed E-state index contributed by atoms with van der Waals surface area (Å²) < 4.78 is 0. The first-order valence-electron chi connectivity index (χ1n) is 7.13. The Morgan fingerprint density at radius 1 is 1.33 bits per heavy atom. The Morgan fingerprint density at radius 2 is 2.00 bits per heavy atom. The molecule has 0 aliphatic rings. The summed E-state index contributed by atoms with van der Waals surface area (Å²) in [5.74, 6) is -0.976. The molecule has 1 aromatic carbocycles. The Morgan fingerprint density at radius 3 is 2.52 bits per heavy atom. The fraction of sp³-hybridized carbons (Fsp3) is 0.500. The van der Waals surface area contributed by atoms with Crippen molar-refractivity contribution in [1.82, 2.24) is 5.32 Å². The lowest BCUT2D eigenvalue weighted by Crippen LogP contribution is -2.49. The van der Waals surface area contributed by atoms with Gasteiger partial charge < -0.3 is 16.2 Å². The summed E-state index contributed by atoms with van der Waals surface area (Å²) >= 11 is 0. The van der Waals surface area contributed by atoms with Gasteiger partial charge in [-0.1, -0.05) is 43.7 Å². The molecule has 0 saturated carbocycles. The average Bonchev–Trinajstić information content (AvgIpc) is 2.36. The highest BCUT2D eigenvalue weighted by Gasteiger charge is 2.23. The zero-order chi connectivity index (χ0) is 16.0. The SMILES string of the molecule is Cc1cccc(C[C@H](NC(=O)[C@H](O)CC(C)C)C(N)=O)c1.